The molecule has 8 heteroatoms. The van der Waals surface area contributed by atoms with Crippen LogP contribution in [0.5, 0.6) is 0 Å². The van der Waals surface area contributed by atoms with Gasteiger partial charge in [-0.3, -0.25) is 0 Å². The molecule has 0 saturated carbocycles. The molecule has 1 aromatic heterocycles. The molecule has 1 saturated heterocycles. The lowest BCUT2D eigenvalue weighted by atomic mass is 9.98. The molecule has 0 aliphatic carbocycles. The second-order valence-electron chi connectivity index (χ2n) is 5.37. The Labute approximate surface area is 131 Å². The second kappa shape index (κ2) is 7.64. The van der Waals surface area contributed by atoms with Crippen molar-refractivity contribution in [3.63, 3.8) is 0 Å². The van der Waals surface area contributed by atoms with Gasteiger partial charge in [0.25, 0.3) is 10.2 Å². The molecule has 1 fully saturated rings. The molecule has 1 aliphatic heterocycles. The minimum Gasteiger partial charge on any atom is -0.317 e. The number of nitrogens with one attached hydrogen (secondary N) is 2. The van der Waals surface area contributed by atoms with Gasteiger partial charge in [-0.05, 0) is 38.8 Å². The fourth-order valence-electron chi connectivity index (χ4n) is 2.50. The highest BCUT2D eigenvalue weighted by atomic mass is 32.2. The average Bonchev–Trinajstić information content (AvgIpc) is 2.99. The molecule has 0 aromatic carbocycles. The molecule has 1 atom stereocenters. The smallest absolute Gasteiger partial charge is 0.280 e. The summed E-state index contributed by atoms with van der Waals surface area (Å²) in [6.07, 6.45) is 3.52. The summed E-state index contributed by atoms with van der Waals surface area (Å²) in [6.45, 7) is 7.04. The van der Waals surface area contributed by atoms with E-state index in [0.29, 0.717) is 19.0 Å². The standard InChI is InChI=1S/C13H24N4O2S2/c1-3-14-10-12-4-7-17(8-5-12)21(18,19)16-11(2)13-15-6-9-20-13/h6,9,11-12,14,16H,3-5,7-8,10H2,1-2H3. The molecule has 1 aromatic rings. The van der Waals surface area contributed by atoms with Crippen LogP contribution in [0.15, 0.2) is 11.6 Å². The predicted octanol–water partition coefficient (Wildman–Crippen LogP) is 1.36. The first-order chi connectivity index (χ1) is 10.0. The Morgan fingerprint density at radius 1 is 1.48 bits per heavy atom. The van der Waals surface area contributed by atoms with Crippen molar-refractivity contribution in [2.75, 3.05) is 26.2 Å². The van der Waals surface area contributed by atoms with Gasteiger partial charge >= 0.3 is 0 Å². The Hall–Kier alpha value is -0.540. The van der Waals surface area contributed by atoms with Crippen molar-refractivity contribution in [3.8, 4) is 0 Å². The van der Waals surface area contributed by atoms with E-state index in [0.717, 1.165) is 30.9 Å². The fourth-order valence-corrected chi connectivity index (χ4v) is 4.62. The summed E-state index contributed by atoms with van der Waals surface area (Å²) < 4.78 is 29.0. The maximum Gasteiger partial charge on any atom is 0.280 e. The summed E-state index contributed by atoms with van der Waals surface area (Å²) in [5.74, 6) is 0.577. The van der Waals surface area contributed by atoms with E-state index in [1.165, 1.54) is 11.3 Å². The average molecular weight is 332 g/mol. The third-order valence-corrected chi connectivity index (χ3v) is 6.40. The van der Waals surface area contributed by atoms with E-state index in [4.69, 9.17) is 0 Å². The lowest BCUT2D eigenvalue weighted by molar-refractivity contribution is 0.265. The van der Waals surface area contributed by atoms with E-state index in [9.17, 15) is 8.42 Å². The van der Waals surface area contributed by atoms with Crippen LogP contribution in [0.25, 0.3) is 0 Å². The van der Waals surface area contributed by atoms with E-state index in [1.807, 2.05) is 12.3 Å². The van der Waals surface area contributed by atoms with Crippen LogP contribution in [0.4, 0.5) is 0 Å². The predicted molar refractivity (Wildman–Crippen MR) is 85.4 cm³/mol. The van der Waals surface area contributed by atoms with E-state index >= 15 is 0 Å². The largest absolute Gasteiger partial charge is 0.317 e. The number of hydrogen-bond donors (Lipinski definition) is 2. The zero-order chi connectivity index (χ0) is 15.3. The van der Waals surface area contributed by atoms with Crippen LogP contribution in [0.3, 0.4) is 0 Å². The van der Waals surface area contributed by atoms with E-state index < -0.39 is 10.2 Å². The lowest BCUT2D eigenvalue weighted by Gasteiger charge is -2.31. The van der Waals surface area contributed by atoms with Gasteiger partial charge in [-0.15, -0.1) is 11.3 Å². The first-order valence-corrected chi connectivity index (χ1v) is 9.72. The van der Waals surface area contributed by atoms with Crippen molar-refractivity contribution in [3.05, 3.63) is 16.6 Å². The van der Waals surface area contributed by atoms with Crippen LogP contribution in [-0.2, 0) is 10.2 Å². The number of piperidine rings is 1. The minimum atomic E-state index is -3.42. The maximum absolute atomic E-state index is 12.4. The zero-order valence-electron chi connectivity index (χ0n) is 12.6. The summed E-state index contributed by atoms with van der Waals surface area (Å²) in [4.78, 5) is 4.16. The highest BCUT2D eigenvalue weighted by molar-refractivity contribution is 7.87. The molecule has 0 amide bonds. The molecule has 2 rings (SSSR count). The molecule has 0 radical (unpaired) electrons. The SMILES string of the molecule is CCNCC1CCN(S(=O)(=O)NC(C)c2nccs2)CC1. The van der Waals surface area contributed by atoms with Crippen LogP contribution in [0.2, 0.25) is 0 Å². The van der Waals surface area contributed by atoms with Gasteiger partial charge in [0.05, 0.1) is 6.04 Å². The zero-order valence-corrected chi connectivity index (χ0v) is 14.2. The molecule has 120 valence electrons. The van der Waals surface area contributed by atoms with Crippen molar-refractivity contribution in [1.82, 2.24) is 19.3 Å². The number of hydrogen-bond acceptors (Lipinski definition) is 5. The van der Waals surface area contributed by atoms with Crippen LogP contribution in [0.1, 0.15) is 37.7 Å². The monoisotopic (exact) mass is 332 g/mol. The lowest BCUT2D eigenvalue weighted by Crippen LogP contribution is -2.46. The highest BCUT2D eigenvalue weighted by Crippen LogP contribution is 2.21. The normalized spacial score (nSPS) is 19.7. The first-order valence-electron chi connectivity index (χ1n) is 7.40. The molecule has 6 nitrogen and oxygen atoms in total. The van der Waals surface area contributed by atoms with Crippen molar-refractivity contribution in [1.29, 1.82) is 0 Å². The first kappa shape index (κ1) is 16.8. The minimum absolute atomic E-state index is 0.283. The Morgan fingerprint density at radius 2 is 2.19 bits per heavy atom. The number of rotatable bonds is 7. The summed E-state index contributed by atoms with van der Waals surface area (Å²) in [5.41, 5.74) is 0. The van der Waals surface area contributed by atoms with Crippen LogP contribution in [-0.4, -0.2) is 43.9 Å². The molecule has 0 bridgehead atoms. The number of aromatic nitrogens is 1. The molecular formula is C13H24N4O2S2. The van der Waals surface area contributed by atoms with Crippen molar-refractivity contribution in [2.45, 2.75) is 32.7 Å². The number of thiazole rings is 1. The van der Waals surface area contributed by atoms with Gasteiger partial charge in [0.1, 0.15) is 5.01 Å². The van der Waals surface area contributed by atoms with Crippen LogP contribution in [0, 0.1) is 5.92 Å². The quantitative estimate of drug-likeness (QED) is 0.791. The van der Waals surface area contributed by atoms with Gasteiger partial charge in [-0.25, -0.2) is 4.98 Å². The van der Waals surface area contributed by atoms with Gasteiger partial charge in [0.2, 0.25) is 0 Å². The van der Waals surface area contributed by atoms with E-state index in [1.54, 1.807) is 10.5 Å². The molecule has 1 aliphatic rings. The number of nitrogens with zero attached hydrogens (tertiary/aromatic N) is 2. The van der Waals surface area contributed by atoms with Crippen molar-refractivity contribution < 1.29 is 8.42 Å². The van der Waals surface area contributed by atoms with Crippen molar-refractivity contribution >= 4 is 21.5 Å². The van der Waals surface area contributed by atoms with Gasteiger partial charge in [0, 0.05) is 24.7 Å². The Morgan fingerprint density at radius 3 is 2.76 bits per heavy atom. The van der Waals surface area contributed by atoms with E-state index in [-0.39, 0.29) is 6.04 Å². The maximum atomic E-state index is 12.4. The summed E-state index contributed by atoms with van der Waals surface area (Å²) in [7, 11) is -3.42. The van der Waals surface area contributed by atoms with Crippen molar-refractivity contribution in [2.24, 2.45) is 5.92 Å². The van der Waals surface area contributed by atoms with Crippen LogP contribution < -0.4 is 10.0 Å². The Kier molecular flexibility index (Phi) is 6.12. The molecular weight excluding hydrogens is 308 g/mol. The van der Waals surface area contributed by atoms with Crippen LogP contribution >= 0.6 is 11.3 Å². The van der Waals surface area contributed by atoms with E-state index in [2.05, 4.69) is 21.9 Å². The molecule has 0 spiro atoms. The topological polar surface area (TPSA) is 74.3 Å². The summed E-state index contributed by atoms with van der Waals surface area (Å²) in [6, 6.07) is -0.283. The molecule has 2 heterocycles. The Bertz CT molecular complexity index is 510. The summed E-state index contributed by atoms with van der Waals surface area (Å²) in [5, 5.41) is 5.98. The van der Waals surface area contributed by atoms with Gasteiger partial charge in [-0.1, -0.05) is 6.92 Å². The third kappa shape index (κ3) is 4.72. The molecule has 2 N–H and O–H groups in total. The highest BCUT2D eigenvalue weighted by Gasteiger charge is 2.29. The summed E-state index contributed by atoms with van der Waals surface area (Å²) >= 11 is 1.46. The molecule has 21 heavy (non-hydrogen) atoms. The molecule has 1 unspecified atom stereocenters. The Balaban J connectivity index is 1.86. The third-order valence-electron chi connectivity index (χ3n) is 3.74. The second-order valence-corrected chi connectivity index (χ2v) is 7.99. The van der Waals surface area contributed by atoms with Gasteiger partial charge in [-0.2, -0.15) is 17.4 Å². The van der Waals surface area contributed by atoms with Gasteiger partial charge < -0.3 is 5.32 Å². The van der Waals surface area contributed by atoms with Gasteiger partial charge in [0.15, 0.2) is 0 Å². The fraction of sp³-hybridized carbons (Fsp3) is 0.769.